The standard InChI is InChI=1S/C25H27Cl2NO2/c1-4-18-14(2)12-21-23(15(3)30-25(21)29)20(18)11-10-17-9-8-16(13-28-17)19-6-5-7-22(26)24(19)27/h5-11,13-15,18,20-21,23H,4,12H2,1-3H3/b11-10+/t14-,15+,18?,20-,21+,23-/m0/s1. The van der Waals surface area contributed by atoms with Crippen LogP contribution in [0.15, 0.2) is 42.6 Å². The minimum absolute atomic E-state index is 0.0202. The largest absolute Gasteiger partial charge is 0.462 e. The summed E-state index contributed by atoms with van der Waals surface area (Å²) in [7, 11) is 0. The second kappa shape index (κ2) is 8.72. The zero-order chi connectivity index (χ0) is 21.4. The van der Waals surface area contributed by atoms with Crippen molar-refractivity contribution in [1.82, 2.24) is 4.98 Å². The molecule has 1 saturated heterocycles. The highest BCUT2D eigenvalue weighted by atomic mass is 35.5. The van der Waals surface area contributed by atoms with Gasteiger partial charge in [-0.3, -0.25) is 9.78 Å². The van der Waals surface area contributed by atoms with Gasteiger partial charge >= 0.3 is 5.97 Å². The van der Waals surface area contributed by atoms with Crippen molar-refractivity contribution >= 4 is 35.2 Å². The zero-order valence-corrected chi connectivity index (χ0v) is 19.0. The first-order valence-electron chi connectivity index (χ1n) is 10.7. The van der Waals surface area contributed by atoms with Crippen molar-refractivity contribution in [3.05, 3.63) is 58.3 Å². The van der Waals surface area contributed by atoms with E-state index in [1.165, 1.54) is 0 Å². The molecule has 0 spiro atoms. The lowest BCUT2D eigenvalue weighted by Crippen LogP contribution is -2.40. The molecular weight excluding hydrogens is 417 g/mol. The topological polar surface area (TPSA) is 39.2 Å². The molecule has 1 aromatic heterocycles. The van der Waals surface area contributed by atoms with Crippen molar-refractivity contribution in [2.75, 3.05) is 0 Å². The molecular formula is C25H27Cl2NO2. The van der Waals surface area contributed by atoms with Gasteiger partial charge in [-0.05, 0) is 49.3 Å². The van der Waals surface area contributed by atoms with Crippen LogP contribution in [-0.4, -0.2) is 17.1 Å². The van der Waals surface area contributed by atoms with Gasteiger partial charge in [-0.2, -0.15) is 0 Å². The maximum absolute atomic E-state index is 12.3. The van der Waals surface area contributed by atoms with Crippen LogP contribution in [0.1, 0.15) is 39.3 Å². The van der Waals surface area contributed by atoms with Crippen LogP contribution in [0, 0.1) is 29.6 Å². The highest BCUT2D eigenvalue weighted by molar-refractivity contribution is 6.43. The maximum atomic E-state index is 12.3. The Morgan fingerprint density at radius 3 is 2.70 bits per heavy atom. The number of hydrogen-bond acceptors (Lipinski definition) is 3. The number of benzene rings is 1. The van der Waals surface area contributed by atoms with Crippen LogP contribution in [0.25, 0.3) is 17.2 Å². The van der Waals surface area contributed by atoms with E-state index in [0.29, 0.717) is 27.8 Å². The molecule has 6 atom stereocenters. The van der Waals surface area contributed by atoms with Gasteiger partial charge in [0.25, 0.3) is 0 Å². The normalized spacial score (nSPS) is 31.0. The third kappa shape index (κ3) is 3.90. The summed E-state index contributed by atoms with van der Waals surface area (Å²) in [4.78, 5) is 16.9. The predicted octanol–water partition coefficient (Wildman–Crippen LogP) is 6.93. The highest BCUT2D eigenvalue weighted by Gasteiger charge is 2.52. The molecule has 5 heteroatoms. The van der Waals surface area contributed by atoms with E-state index in [4.69, 9.17) is 27.9 Å². The number of aromatic nitrogens is 1. The molecule has 2 heterocycles. The van der Waals surface area contributed by atoms with Crippen LogP contribution < -0.4 is 0 Å². The fourth-order valence-corrected chi connectivity index (χ4v) is 5.86. The van der Waals surface area contributed by atoms with Crippen molar-refractivity contribution in [2.24, 2.45) is 29.6 Å². The first-order chi connectivity index (χ1) is 14.4. The molecule has 1 saturated carbocycles. The van der Waals surface area contributed by atoms with Crippen LogP contribution in [0.4, 0.5) is 0 Å². The summed E-state index contributed by atoms with van der Waals surface area (Å²) in [5.41, 5.74) is 2.69. The van der Waals surface area contributed by atoms with Gasteiger partial charge in [-0.15, -0.1) is 0 Å². The van der Waals surface area contributed by atoms with Crippen molar-refractivity contribution in [2.45, 2.75) is 39.7 Å². The summed E-state index contributed by atoms with van der Waals surface area (Å²) in [6.45, 7) is 6.55. The Hall–Kier alpha value is -1.84. The number of cyclic esters (lactones) is 1. The number of ether oxygens (including phenoxy) is 1. The molecule has 158 valence electrons. The first-order valence-corrected chi connectivity index (χ1v) is 11.5. The lowest BCUT2D eigenvalue weighted by Gasteiger charge is -2.41. The second-order valence-corrected chi connectivity index (χ2v) is 9.41. The summed E-state index contributed by atoms with van der Waals surface area (Å²) in [5.74, 6) is 1.61. The Kier molecular flexibility index (Phi) is 6.22. The lowest BCUT2D eigenvalue weighted by atomic mass is 9.61. The molecule has 0 amide bonds. The molecule has 0 bridgehead atoms. The molecule has 2 fully saturated rings. The van der Waals surface area contributed by atoms with Gasteiger partial charge in [0.1, 0.15) is 6.10 Å². The monoisotopic (exact) mass is 443 g/mol. The Bertz CT molecular complexity index is 956. The molecule has 30 heavy (non-hydrogen) atoms. The van der Waals surface area contributed by atoms with E-state index < -0.39 is 0 Å². The second-order valence-electron chi connectivity index (χ2n) is 8.62. The quantitative estimate of drug-likeness (QED) is 0.480. The fourth-order valence-electron chi connectivity index (χ4n) is 5.45. The molecule has 2 aromatic rings. The van der Waals surface area contributed by atoms with E-state index in [1.54, 1.807) is 6.07 Å². The predicted molar refractivity (Wildman–Crippen MR) is 122 cm³/mol. The Labute approximate surface area is 188 Å². The number of esters is 1. The molecule has 1 aliphatic heterocycles. The number of carbonyl (C=O) groups is 1. The average Bonchev–Trinajstić information content (AvgIpc) is 3.01. The van der Waals surface area contributed by atoms with Gasteiger partial charge in [-0.25, -0.2) is 0 Å². The number of pyridine rings is 1. The van der Waals surface area contributed by atoms with E-state index in [-0.39, 0.29) is 23.9 Å². The first kappa shape index (κ1) is 21.4. The molecule has 1 aliphatic carbocycles. The number of fused-ring (bicyclic) bond motifs is 1. The third-order valence-corrected chi connectivity index (χ3v) is 7.74. The van der Waals surface area contributed by atoms with Gasteiger partial charge in [-0.1, -0.05) is 67.7 Å². The number of halogens is 2. The van der Waals surface area contributed by atoms with Gasteiger partial charge in [0.15, 0.2) is 0 Å². The molecule has 2 aliphatic rings. The molecule has 4 rings (SSSR count). The summed E-state index contributed by atoms with van der Waals surface area (Å²) in [6.07, 6.45) is 8.17. The van der Waals surface area contributed by atoms with Crippen molar-refractivity contribution < 1.29 is 9.53 Å². The van der Waals surface area contributed by atoms with Crippen molar-refractivity contribution in [1.29, 1.82) is 0 Å². The van der Waals surface area contributed by atoms with E-state index in [1.807, 2.05) is 37.4 Å². The summed E-state index contributed by atoms with van der Waals surface area (Å²) in [5, 5.41) is 1.07. The summed E-state index contributed by atoms with van der Waals surface area (Å²) in [6, 6.07) is 9.61. The molecule has 3 nitrogen and oxygen atoms in total. The third-order valence-electron chi connectivity index (χ3n) is 6.92. The van der Waals surface area contributed by atoms with Gasteiger partial charge in [0.2, 0.25) is 0 Å². The van der Waals surface area contributed by atoms with Crippen LogP contribution in [-0.2, 0) is 9.53 Å². The number of nitrogens with zero attached hydrogens (tertiary/aromatic N) is 1. The van der Waals surface area contributed by atoms with Crippen molar-refractivity contribution in [3.63, 3.8) is 0 Å². The van der Waals surface area contributed by atoms with Gasteiger partial charge in [0, 0.05) is 23.2 Å². The smallest absolute Gasteiger partial charge is 0.309 e. The SMILES string of the molecule is CCC1[C@@H](C)C[C@H]2C(=O)O[C@H](C)[C@H]2[C@H]1/C=C/c1ccc(-c2cccc(Cl)c2Cl)cn1. The van der Waals surface area contributed by atoms with Crippen LogP contribution in [0.3, 0.4) is 0 Å². The van der Waals surface area contributed by atoms with Crippen molar-refractivity contribution in [3.8, 4) is 11.1 Å². The zero-order valence-electron chi connectivity index (χ0n) is 17.5. The van der Waals surface area contributed by atoms with Gasteiger partial charge in [0.05, 0.1) is 21.7 Å². The van der Waals surface area contributed by atoms with E-state index in [0.717, 1.165) is 29.7 Å². The van der Waals surface area contributed by atoms with Gasteiger partial charge < -0.3 is 4.74 Å². The molecule has 1 aromatic carbocycles. The molecule has 0 N–H and O–H groups in total. The Balaban J connectivity index is 1.58. The number of hydrogen-bond donors (Lipinski definition) is 0. The molecule has 0 radical (unpaired) electrons. The van der Waals surface area contributed by atoms with Crippen LogP contribution >= 0.6 is 23.2 Å². The maximum Gasteiger partial charge on any atom is 0.309 e. The highest BCUT2D eigenvalue weighted by Crippen LogP contribution is 2.50. The number of allylic oxidation sites excluding steroid dienone is 1. The van der Waals surface area contributed by atoms with Crippen LogP contribution in [0.5, 0.6) is 0 Å². The fraction of sp³-hybridized carbons (Fsp3) is 0.440. The number of rotatable bonds is 4. The summed E-state index contributed by atoms with van der Waals surface area (Å²) >= 11 is 12.5. The van der Waals surface area contributed by atoms with E-state index >= 15 is 0 Å². The Morgan fingerprint density at radius 2 is 2.00 bits per heavy atom. The summed E-state index contributed by atoms with van der Waals surface area (Å²) < 4.78 is 5.61. The minimum atomic E-state index is -0.0287. The Morgan fingerprint density at radius 1 is 1.20 bits per heavy atom. The number of carbonyl (C=O) groups excluding carboxylic acids is 1. The minimum Gasteiger partial charge on any atom is -0.462 e. The molecule has 1 unspecified atom stereocenters. The lowest BCUT2D eigenvalue weighted by molar-refractivity contribution is -0.144. The average molecular weight is 444 g/mol. The van der Waals surface area contributed by atoms with Crippen LogP contribution in [0.2, 0.25) is 10.0 Å². The van der Waals surface area contributed by atoms with E-state index in [2.05, 4.69) is 31.0 Å². The van der Waals surface area contributed by atoms with E-state index in [9.17, 15) is 4.79 Å².